The van der Waals surface area contributed by atoms with Crippen molar-refractivity contribution in [1.29, 1.82) is 0 Å². The lowest BCUT2D eigenvalue weighted by Crippen LogP contribution is -2.38. The second-order valence-electron chi connectivity index (χ2n) is 4.82. The normalized spacial score (nSPS) is 22.4. The number of carbonyl (C=O) groups is 1. The van der Waals surface area contributed by atoms with Crippen molar-refractivity contribution >= 4 is 5.91 Å². The van der Waals surface area contributed by atoms with Gasteiger partial charge in [0.15, 0.2) is 0 Å². The Morgan fingerprint density at radius 1 is 1.56 bits per heavy atom. The van der Waals surface area contributed by atoms with Gasteiger partial charge in [-0.1, -0.05) is 13.8 Å². The van der Waals surface area contributed by atoms with Gasteiger partial charge in [-0.2, -0.15) is 0 Å². The second kappa shape index (κ2) is 6.86. The molecule has 1 aliphatic heterocycles. The Labute approximate surface area is 98.1 Å². The molecule has 1 saturated heterocycles. The molecule has 2 atom stereocenters. The Hall–Kier alpha value is -0.610. The Balaban J connectivity index is 2.18. The molecular formula is C12H24N2O2. The highest BCUT2D eigenvalue weighted by atomic mass is 16.5. The van der Waals surface area contributed by atoms with Gasteiger partial charge in [-0.15, -0.1) is 0 Å². The number of hydrogen-bond acceptors (Lipinski definition) is 3. The minimum atomic E-state index is 0.112. The molecule has 0 aliphatic carbocycles. The molecule has 0 aromatic rings. The van der Waals surface area contributed by atoms with E-state index in [9.17, 15) is 4.79 Å². The molecule has 94 valence electrons. The van der Waals surface area contributed by atoms with Crippen LogP contribution in [-0.2, 0) is 9.53 Å². The first-order valence-corrected chi connectivity index (χ1v) is 6.16. The third-order valence-electron chi connectivity index (χ3n) is 3.14. The van der Waals surface area contributed by atoms with E-state index in [4.69, 9.17) is 4.74 Å². The molecule has 2 N–H and O–H groups in total. The maximum Gasteiger partial charge on any atom is 0.221 e. The Morgan fingerprint density at radius 2 is 2.31 bits per heavy atom. The van der Waals surface area contributed by atoms with Crippen molar-refractivity contribution < 1.29 is 9.53 Å². The Kier molecular flexibility index (Phi) is 5.77. The van der Waals surface area contributed by atoms with Crippen LogP contribution in [0.4, 0.5) is 0 Å². The van der Waals surface area contributed by atoms with Gasteiger partial charge in [0.2, 0.25) is 5.91 Å². The van der Waals surface area contributed by atoms with Crippen LogP contribution in [0.2, 0.25) is 0 Å². The van der Waals surface area contributed by atoms with E-state index in [1.807, 2.05) is 0 Å². The van der Waals surface area contributed by atoms with Crippen molar-refractivity contribution in [3.8, 4) is 0 Å². The summed E-state index contributed by atoms with van der Waals surface area (Å²) in [5, 5.41) is 6.26. The Bertz CT molecular complexity index is 213. The van der Waals surface area contributed by atoms with Gasteiger partial charge in [-0.25, -0.2) is 0 Å². The number of carbonyl (C=O) groups excluding carboxylic acids is 1. The predicted octanol–water partition coefficient (Wildman–Crippen LogP) is 0.916. The van der Waals surface area contributed by atoms with Crippen LogP contribution in [-0.4, -0.2) is 38.3 Å². The summed E-state index contributed by atoms with van der Waals surface area (Å²) < 4.78 is 5.30. The molecule has 0 spiro atoms. The summed E-state index contributed by atoms with van der Waals surface area (Å²) in [4.78, 5) is 11.6. The molecular weight excluding hydrogens is 204 g/mol. The van der Waals surface area contributed by atoms with E-state index in [-0.39, 0.29) is 12.0 Å². The van der Waals surface area contributed by atoms with Gasteiger partial charge in [0.25, 0.3) is 0 Å². The van der Waals surface area contributed by atoms with Crippen molar-refractivity contribution in [2.24, 2.45) is 5.92 Å². The maximum absolute atomic E-state index is 11.6. The average Bonchev–Trinajstić information content (AvgIpc) is 2.70. The van der Waals surface area contributed by atoms with Crippen LogP contribution in [0, 0.1) is 5.92 Å². The standard InChI is InChI=1S/C12H24N2O2/c1-9(2)11(16-3)8-14-12(15)7-10-5-4-6-13-10/h9-11,13H,4-8H2,1-3H3,(H,14,15). The number of hydrogen-bond donors (Lipinski definition) is 2. The van der Waals surface area contributed by atoms with Crippen molar-refractivity contribution in [2.75, 3.05) is 20.2 Å². The molecule has 2 unspecified atom stereocenters. The molecule has 0 aromatic carbocycles. The number of ether oxygens (including phenoxy) is 1. The van der Waals surface area contributed by atoms with E-state index in [1.54, 1.807) is 7.11 Å². The monoisotopic (exact) mass is 228 g/mol. The van der Waals surface area contributed by atoms with Crippen molar-refractivity contribution in [1.82, 2.24) is 10.6 Å². The molecule has 0 aromatic heterocycles. The summed E-state index contributed by atoms with van der Waals surface area (Å²) in [5.74, 6) is 0.553. The minimum absolute atomic E-state index is 0.112. The van der Waals surface area contributed by atoms with E-state index < -0.39 is 0 Å². The van der Waals surface area contributed by atoms with Gasteiger partial charge in [0, 0.05) is 26.1 Å². The van der Waals surface area contributed by atoms with Crippen LogP contribution in [0.5, 0.6) is 0 Å². The van der Waals surface area contributed by atoms with E-state index in [2.05, 4.69) is 24.5 Å². The van der Waals surface area contributed by atoms with Crippen LogP contribution in [0.25, 0.3) is 0 Å². The first-order valence-electron chi connectivity index (χ1n) is 6.16. The fourth-order valence-electron chi connectivity index (χ4n) is 2.03. The molecule has 0 saturated carbocycles. The lowest BCUT2D eigenvalue weighted by Gasteiger charge is -2.20. The smallest absolute Gasteiger partial charge is 0.221 e. The largest absolute Gasteiger partial charge is 0.379 e. The molecule has 1 heterocycles. The predicted molar refractivity (Wildman–Crippen MR) is 64.3 cm³/mol. The lowest BCUT2D eigenvalue weighted by atomic mass is 10.1. The average molecular weight is 228 g/mol. The maximum atomic E-state index is 11.6. The van der Waals surface area contributed by atoms with E-state index in [1.165, 1.54) is 6.42 Å². The number of nitrogens with one attached hydrogen (secondary N) is 2. The molecule has 0 radical (unpaired) electrons. The molecule has 1 fully saturated rings. The van der Waals surface area contributed by atoms with Crippen molar-refractivity contribution in [3.05, 3.63) is 0 Å². The fraction of sp³-hybridized carbons (Fsp3) is 0.917. The first-order chi connectivity index (χ1) is 7.63. The lowest BCUT2D eigenvalue weighted by molar-refractivity contribution is -0.122. The van der Waals surface area contributed by atoms with Crippen molar-refractivity contribution in [3.63, 3.8) is 0 Å². The summed E-state index contributed by atoms with van der Waals surface area (Å²) in [6.45, 7) is 5.85. The highest BCUT2D eigenvalue weighted by molar-refractivity contribution is 5.76. The van der Waals surface area contributed by atoms with Gasteiger partial charge in [-0.05, 0) is 25.3 Å². The molecule has 4 nitrogen and oxygen atoms in total. The summed E-state index contributed by atoms with van der Waals surface area (Å²) >= 11 is 0. The van der Waals surface area contributed by atoms with Gasteiger partial charge < -0.3 is 15.4 Å². The summed E-state index contributed by atoms with van der Waals surface area (Å²) in [6, 6.07) is 0.375. The third-order valence-corrected chi connectivity index (χ3v) is 3.14. The van der Waals surface area contributed by atoms with E-state index in [0.29, 0.717) is 24.9 Å². The highest BCUT2D eigenvalue weighted by Gasteiger charge is 2.19. The molecule has 0 bridgehead atoms. The molecule has 16 heavy (non-hydrogen) atoms. The van der Waals surface area contributed by atoms with Crippen LogP contribution >= 0.6 is 0 Å². The fourth-order valence-corrected chi connectivity index (χ4v) is 2.03. The molecule has 1 amide bonds. The van der Waals surface area contributed by atoms with Crippen LogP contribution in [0.3, 0.4) is 0 Å². The SMILES string of the molecule is COC(CNC(=O)CC1CCCN1)C(C)C. The van der Waals surface area contributed by atoms with Crippen LogP contribution < -0.4 is 10.6 Å². The number of methoxy groups -OCH3 is 1. The zero-order valence-electron chi connectivity index (χ0n) is 10.6. The summed E-state index contributed by atoms with van der Waals surface area (Å²) in [5.41, 5.74) is 0. The zero-order valence-corrected chi connectivity index (χ0v) is 10.6. The summed E-state index contributed by atoms with van der Waals surface area (Å²) in [7, 11) is 1.69. The Morgan fingerprint density at radius 3 is 2.81 bits per heavy atom. The van der Waals surface area contributed by atoms with Crippen LogP contribution in [0.1, 0.15) is 33.1 Å². The van der Waals surface area contributed by atoms with Gasteiger partial charge in [0.05, 0.1) is 6.10 Å². The molecule has 1 aliphatic rings. The second-order valence-corrected chi connectivity index (χ2v) is 4.82. The molecule has 4 heteroatoms. The minimum Gasteiger partial charge on any atom is -0.379 e. The zero-order chi connectivity index (χ0) is 12.0. The van der Waals surface area contributed by atoms with E-state index >= 15 is 0 Å². The van der Waals surface area contributed by atoms with Gasteiger partial charge in [-0.3, -0.25) is 4.79 Å². The van der Waals surface area contributed by atoms with E-state index in [0.717, 1.165) is 13.0 Å². The topological polar surface area (TPSA) is 50.4 Å². The molecule has 1 rings (SSSR count). The third kappa shape index (κ3) is 4.49. The highest BCUT2D eigenvalue weighted by Crippen LogP contribution is 2.08. The van der Waals surface area contributed by atoms with Gasteiger partial charge >= 0.3 is 0 Å². The first kappa shape index (κ1) is 13.5. The summed E-state index contributed by atoms with van der Waals surface area (Å²) in [6.07, 6.45) is 3.00. The van der Waals surface area contributed by atoms with Crippen LogP contribution in [0.15, 0.2) is 0 Å². The number of rotatable bonds is 6. The van der Waals surface area contributed by atoms with Gasteiger partial charge in [0.1, 0.15) is 0 Å². The number of amides is 1. The quantitative estimate of drug-likeness (QED) is 0.710. The van der Waals surface area contributed by atoms with Crippen molar-refractivity contribution in [2.45, 2.75) is 45.3 Å².